The number of hydrogen-bond donors (Lipinski definition) is 1. The molecule has 0 bridgehead atoms. The number of ether oxygens (including phenoxy) is 1. The fourth-order valence-electron chi connectivity index (χ4n) is 2.37. The predicted octanol–water partition coefficient (Wildman–Crippen LogP) is 2.34. The number of rotatable bonds is 7. The van der Waals surface area contributed by atoms with Crippen molar-refractivity contribution in [3.63, 3.8) is 0 Å². The van der Waals surface area contributed by atoms with E-state index < -0.39 is 4.92 Å². The number of nitro groups is 1. The fourth-order valence-corrected chi connectivity index (χ4v) is 3.09. The third kappa shape index (κ3) is 3.90. The maximum Gasteiger partial charge on any atom is 0.271 e. The molecule has 9 nitrogen and oxygen atoms in total. The Bertz CT molecular complexity index is 818. The molecule has 0 atom stereocenters. The lowest BCUT2D eigenvalue weighted by molar-refractivity contribution is -0.384. The van der Waals surface area contributed by atoms with Crippen molar-refractivity contribution in [2.24, 2.45) is 7.05 Å². The van der Waals surface area contributed by atoms with Gasteiger partial charge in [0.1, 0.15) is 11.6 Å². The van der Waals surface area contributed by atoms with E-state index in [1.807, 2.05) is 11.6 Å². The minimum absolute atomic E-state index is 0.114. The lowest BCUT2D eigenvalue weighted by Gasteiger charge is -2.09. The van der Waals surface area contributed by atoms with E-state index in [0.717, 1.165) is 18.7 Å². The average Bonchev–Trinajstić information content (AvgIpc) is 3.36. The molecule has 1 aliphatic rings. The molecule has 1 heterocycles. The number of methoxy groups -OCH3 is 1. The van der Waals surface area contributed by atoms with Crippen molar-refractivity contribution >= 4 is 29.0 Å². The summed E-state index contributed by atoms with van der Waals surface area (Å²) in [6, 6.07) is 4.04. The summed E-state index contributed by atoms with van der Waals surface area (Å²) in [5, 5.41) is 22.5. The Morgan fingerprint density at radius 1 is 1.48 bits per heavy atom. The van der Waals surface area contributed by atoms with E-state index in [-0.39, 0.29) is 23.0 Å². The number of carbonyl (C=O) groups excluding carboxylic acids is 1. The molecule has 2 aromatic rings. The van der Waals surface area contributed by atoms with Gasteiger partial charge in [-0.05, 0) is 18.9 Å². The van der Waals surface area contributed by atoms with E-state index >= 15 is 0 Å². The van der Waals surface area contributed by atoms with Crippen LogP contribution in [0.3, 0.4) is 0 Å². The van der Waals surface area contributed by atoms with Crippen molar-refractivity contribution in [2.75, 3.05) is 18.2 Å². The molecule has 1 N–H and O–H groups in total. The van der Waals surface area contributed by atoms with Gasteiger partial charge >= 0.3 is 0 Å². The maximum absolute atomic E-state index is 12.2. The molecule has 0 saturated heterocycles. The Labute approximate surface area is 147 Å². The molecule has 25 heavy (non-hydrogen) atoms. The van der Waals surface area contributed by atoms with Crippen LogP contribution in [0, 0.1) is 10.1 Å². The molecule has 1 aromatic heterocycles. The van der Waals surface area contributed by atoms with Gasteiger partial charge in [0.25, 0.3) is 5.69 Å². The Hall–Kier alpha value is -2.62. The van der Waals surface area contributed by atoms with Gasteiger partial charge in [0, 0.05) is 25.1 Å². The van der Waals surface area contributed by atoms with E-state index in [1.54, 1.807) is 0 Å². The van der Waals surface area contributed by atoms with Crippen molar-refractivity contribution in [2.45, 2.75) is 23.9 Å². The summed E-state index contributed by atoms with van der Waals surface area (Å²) in [7, 11) is 3.32. The number of nitro benzene ring substituents is 1. The van der Waals surface area contributed by atoms with Crippen LogP contribution in [-0.2, 0) is 11.8 Å². The summed E-state index contributed by atoms with van der Waals surface area (Å²) in [6.45, 7) is 0. The number of benzene rings is 1. The first-order valence-corrected chi connectivity index (χ1v) is 8.62. The highest BCUT2D eigenvalue weighted by molar-refractivity contribution is 7.99. The summed E-state index contributed by atoms with van der Waals surface area (Å²) in [4.78, 5) is 22.5. The van der Waals surface area contributed by atoms with Gasteiger partial charge in [-0.25, -0.2) is 0 Å². The number of anilines is 1. The highest BCUT2D eigenvalue weighted by Crippen LogP contribution is 2.39. The summed E-state index contributed by atoms with van der Waals surface area (Å²) in [5.41, 5.74) is 0.144. The van der Waals surface area contributed by atoms with E-state index in [2.05, 4.69) is 15.5 Å². The second-order valence-corrected chi connectivity index (χ2v) is 6.60. The molecular formula is C15H17N5O4S. The number of nitrogens with zero attached hydrogens (tertiary/aromatic N) is 4. The van der Waals surface area contributed by atoms with E-state index in [9.17, 15) is 14.9 Å². The molecule has 0 aliphatic heterocycles. The van der Waals surface area contributed by atoms with Crippen LogP contribution in [0.25, 0.3) is 0 Å². The summed E-state index contributed by atoms with van der Waals surface area (Å²) in [6.07, 6.45) is 2.26. The molecule has 1 fully saturated rings. The number of thioether (sulfide) groups is 1. The van der Waals surface area contributed by atoms with Crippen LogP contribution in [0.15, 0.2) is 23.4 Å². The molecule has 1 amide bonds. The Morgan fingerprint density at radius 3 is 2.88 bits per heavy atom. The van der Waals surface area contributed by atoms with Gasteiger partial charge in [0.15, 0.2) is 5.16 Å². The minimum Gasteiger partial charge on any atom is -0.495 e. The van der Waals surface area contributed by atoms with Crippen LogP contribution in [0.1, 0.15) is 24.6 Å². The third-order valence-electron chi connectivity index (χ3n) is 3.81. The predicted molar refractivity (Wildman–Crippen MR) is 92.0 cm³/mol. The van der Waals surface area contributed by atoms with Gasteiger partial charge < -0.3 is 14.6 Å². The molecule has 132 valence electrons. The summed E-state index contributed by atoms with van der Waals surface area (Å²) < 4.78 is 7.04. The zero-order chi connectivity index (χ0) is 18.0. The van der Waals surface area contributed by atoms with Crippen LogP contribution in [0.2, 0.25) is 0 Å². The van der Waals surface area contributed by atoms with Crippen LogP contribution in [0.4, 0.5) is 11.4 Å². The van der Waals surface area contributed by atoms with Gasteiger partial charge in [0.05, 0.1) is 23.5 Å². The van der Waals surface area contributed by atoms with Crippen LogP contribution in [0.5, 0.6) is 5.75 Å². The number of carbonyl (C=O) groups is 1. The maximum atomic E-state index is 12.2. The second kappa shape index (κ2) is 7.09. The standard InChI is InChI=1S/C15H17N5O4S/c1-19-14(9-3-4-9)17-18-15(19)25-8-13(21)16-11-7-10(20(22)23)5-6-12(11)24-2/h5-7,9H,3-4,8H2,1-2H3,(H,16,21). The third-order valence-corrected chi connectivity index (χ3v) is 4.83. The first-order valence-electron chi connectivity index (χ1n) is 7.64. The van der Waals surface area contributed by atoms with Gasteiger partial charge in [-0.1, -0.05) is 11.8 Å². The Morgan fingerprint density at radius 2 is 2.24 bits per heavy atom. The highest BCUT2D eigenvalue weighted by atomic mass is 32.2. The van der Waals surface area contributed by atoms with Crippen LogP contribution >= 0.6 is 11.8 Å². The zero-order valence-electron chi connectivity index (χ0n) is 13.8. The van der Waals surface area contributed by atoms with Gasteiger partial charge in [-0.3, -0.25) is 14.9 Å². The molecule has 1 saturated carbocycles. The monoisotopic (exact) mass is 363 g/mol. The first kappa shape index (κ1) is 17.2. The molecule has 1 aromatic carbocycles. The second-order valence-electron chi connectivity index (χ2n) is 5.65. The zero-order valence-corrected chi connectivity index (χ0v) is 14.6. The van der Waals surface area contributed by atoms with Gasteiger partial charge in [-0.2, -0.15) is 0 Å². The SMILES string of the molecule is COc1ccc([N+](=O)[O-])cc1NC(=O)CSc1nnc(C2CC2)n1C. The topological polar surface area (TPSA) is 112 Å². The van der Waals surface area contributed by atoms with E-state index in [1.165, 1.54) is 37.1 Å². The lowest BCUT2D eigenvalue weighted by atomic mass is 10.2. The molecular weight excluding hydrogens is 346 g/mol. The Kier molecular flexibility index (Phi) is 4.88. The molecule has 1 aliphatic carbocycles. The number of non-ortho nitro benzene ring substituents is 1. The van der Waals surface area contributed by atoms with Crippen molar-refractivity contribution in [1.82, 2.24) is 14.8 Å². The molecule has 0 unspecified atom stereocenters. The first-order chi connectivity index (χ1) is 12.0. The average molecular weight is 363 g/mol. The normalized spacial score (nSPS) is 13.5. The van der Waals surface area contributed by atoms with Gasteiger partial charge in [-0.15, -0.1) is 10.2 Å². The molecule has 0 radical (unpaired) electrons. The molecule has 0 spiro atoms. The highest BCUT2D eigenvalue weighted by Gasteiger charge is 2.29. The van der Waals surface area contributed by atoms with E-state index in [0.29, 0.717) is 16.8 Å². The van der Waals surface area contributed by atoms with Crippen molar-refractivity contribution in [3.8, 4) is 5.75 Å². The smallest absolute Gasteiger partial charge is 0.271 e. The molecule has 3 rings (SSSR count). The van der Waals surface area contributed by atoms with Gasteiger partial charge in [0.2, 0.25) is 5.91 Å². The number of nitrogens with one attached hydrogen (secondary N) is 1. The fraction of sp³-hybridized carbons (Fsp3) is 0.400. The van der Waals surface area contributed by atoms with Crippen molar-refractivity contribution < 1.29 is 14.5 Å². The summed E-state index contributed by atoms with van der Waals surface area (Å²) >= 11 is 1.27. The molecule has 10 heteroatoms. The largest absolute Gasteiger partial charge is 0.495 e. The number of aromatic nitrogens is 3. The lowest BCUT2D eigenvalue weighted by Crippen LogP contribution is -2.15. The Balaban J connectivity index is 1.64. The van der Waals surface area contributed by atoms with Crippen molar-refractivity contribution in [3.05, 3.63) is 34.1 Å². The number of hydrogen-bond acceptors (Lipinski definition) is 7. The quantitative estimate of drug-likeness (QED) is 0.456. The van der Waals surface area contributed by atoms with Crippen LogP contribution in [-0.4, -0.2) is 38.5 Å². The summed E-state index contributed by atoms with van der Waals surface area (Å²) in [5.74, 6) is 1.60. The number of amides is 1. The van der Waals surface area contributed by atoms with E-state index in [4.69, 9.17) is 4.74 Å². The van der Waals surface area contributed by atoms with Crippen molar-refractivity contribution in [1.29, 1.82) is 0 Å². The minimum atomic E-state index is -0.525. The van der Waals surface area contributed by atoms with Crippen LogP contribution < -0.4 is 10.1 Å².